The Balaban J connectivity index is 2.35. The largest absolute Gasteiger partial charge is 0.352 e. The molecule has 1 saturated carbocycles. The first kappa shape index (κ1) is 12.8. The molecule has 3 N–H and O–H groups in total. The zero-order chi connectivity index (χ0) is 11.3. The second kappa shape index (κ2) is 6.38. The second-order valence-electron chi connectivity index (χ2n) is 4.42. The highest BCUT2D eigenvalue weighted by molar-refractivity contribution is 7.98. The molecule has 3 atom stereocenters. The van der Waals surface area contributed by atoms with Crippen molar-refractivity contribution in [2.45, 2.75) is 44.7 Å². The molecule has 1 aliphatic carbocycles. The predicted octanol–water partition coefficient (Wildman–Crippen LogP) is 1.37. The van der Waals surface area contributed by atoms with Crippen LogP contribution in [0.15, 0.2) is 0 Å². The molecule has 0 aliphatic heterocycles. The maximum absolute atomic E-state index is 11.8. The highest BCUT2D eigenvalue weighted by Gasteiger charge is 2.24. The lowest BCUT2D eigenvalue weighted by molar-refractivity contribution is -0.124. The van der Waals surface area contributed by atoms with Gasteiger partial charge in [-0.3, -0.25) is 4.79 Å². The Labute approximate surface area is 96.6 Å². The van der Waals surface area contributed by atoms with E-state index in [1.165, 1.54) is 12.8 Å². The van der Waals surface area contributed by atoms with Crippen molar-refractivity contribution in [3.05, 3.63) is 0 Å². The van der Waals surface area contributed by atoms with Gasteiger partial charge in [0.2, 0.25) is 5.91 Å². The van der Waals surface area contributed by atoms with Gasteiger partial charge in [-0.1, -0.05) is 19.8 Å². The lowest BCUT2D eigenvalue weighted by atomic mass is 9.90. The monoisotopic (exact) mass is 230 g/mol. The van der Waals surface area contributed by atoms with Crippen LogP contribution in [0.2, 0.25) is 0 Å². The van der Waals surface area contributed by atoms with Crippen LogP contribution in [0, 0.1) is 5.92 Å². The van der Waals surface area contributed by atoms with Gasteiger partial charge in [-0.25, -0.2) is 0 Å². The molecule has 0 bridgehead atoms. The predicted molar refractivity (Wildman–Crippen MR) is 65.9 cm³/mol. The van der Waals surface area contributed by atoms with Crippen molar-refractivity contribution in [2.24, 2.45) is 11.7 Å². The van der Waals surface area contributed by atoms with E-state index in [1.807, 2.05) is 13.2 Å². The zero-order valence-corrected chi connectivity index (χ0v) is 10.5. The lowest BCUT2D eigenvalue weighted by Crippen LogP contribution is -2.50. The number of carbonyl (C=O) groups excluding carboxylic acids is 1. The van der Waals surface area contributed by atoms with Crippen LogP contribution in [0.1, 0.15) is 32.6 Å². The number of carbonyl (C=O) groups is 1. The van der Waals surface area contributed by atoms with Gasteiger partial charge in [0.1, 0.15) is 0 Å². The Bertz CT molecular complexity index is 211. The summed E-state index contributed by atoms with van der Waals surface area (Å²) in [5, 5.41) is 3.08. The standard InChI is InChI=1S/C11H22N2OS/c1-8(7-15-2)11(14)13-10-6-4-3-5-9(10)12/h8-10H,3-7,12H2,1-2H3,(H,13,14)/t8?,9-,10-/m1/s1. The molecule has 0 radical (unpaired) electrons. The Morgan fingerprint density at radius 2 is 2.20 bits per heavy atom. The van der Waals surface area contributed by atoms with Gasteiger partial charge in [-0.15, -0.1) is 0 Å². The van der Waals surface area contributed by atoms with E-state index in [-0.39, 0.29) is 23.9 Å². The highest BCUT2D eigenvalue weighted by Crippen LogP contribution is 2.17. The quantitative estimate of drug-likeness (QED) is 0.767. The summed E-state index contributed by atoms with van der Waals surface area (Å²) in [7, 11) is 0. The van der Waals surface area contributed by atoms with Crippen LogP contribution in [-0.4, -0.2) is 30.0 Å². The van der Waals surface area contributed by atoms with Gasteiger partial charge in [0.15, 0.2) is 0 Å². The number of nitrogens with two attached hydrogens (primary N) is 1. The molecular weight excluding hydrogens is 208 g/mol. The molecule has 1 aliphatic rings. The van der Waals surface area contributed by atoms with Crippen molar-refractivity contribution >= 4 is 17.7 Å². The zero-order valence-electron chi connectivity index (χ0n) is 9.66. The summed E-state index contributed by atoms with van der Waals surface area (Å²) in [4.78, 5) is 11.8. The van der Waals surface area contributed by atoms with Crippen LogP contribution in [0.5, 0.6) is 0 Å². The maximum atomic E-state index is 11.8. The van der Waals surface area contributed by atoms with E-state index in [2.05, 4.69) is 5.32 Å². The van der Waals surface area contributed by atoms with E-state index >= 15 is 0 Å². The van der Waals surface area contributed by atoms with Gasteiger partial charge in [-0.05, 0) is 19.1 Å². The summed E-state index contributed by atoms with van der Waals surface area (Å²) in [5.41, 5.74) is 5.98. The van der Waals surface area contributed by atoms with E-state index < -0.39 is 0 Å². The van der Waals surface area contributed by atoms with Gasteiger partial charge in [0.25, 0.3) is 0 Å². The summed E-state index contributed by atoms with van der Waals surface area (Å²) >= 11 is 1.71. The van der Waals surface area contributed by atoms with Crippen molar-refractivity contribution in [3.8, 4) is 0 Å². The van der Waals surface area contributed by atoms with Gasteiger partial charge < -0.3 is 11.1 Å². The van der Waals surface area contributed by atoms with Crippen LogP contribution in [0.3, 0.4) is 0 Å². The molecule has 4 heteroatoms. The minimum absolute atomic E-state index is 0.0918. The van der Waals surface area contributed by atoms with Crippen molar-refractivity contribution in [3.63, 3.8) is 0 Å². The Kier molecular flexibility index (Phi) is 5.47. The third-order valence-corrected chi connectivity index (χ3v) is 3.84. The molecule has 0 aromatic carbocycles. The molecule has 0 heterocycles. The molecule has 0 spiro atoms. The fourth-order valence-electron chi connectivity index (χ4n) is 1.99. The minimum Gasteiger partial charge on any atom is -0.352 e. The van der Waals surface area contributed by atoms with Crippen LogP contribution >= 0.6 is 11.8 Å². The summed E-state index contributed by atoms with van der Waals surface area (Å²) in [6, 6.07) is 0.361. The second-order valence-corrected chi connectivity index (χ2v) is 5.33. The third kappa shape index (κ3) is 4.03. The lowest BCUT2D eigenvalue weighted by Gasteiger charge is -2.30. The van der Waals surface area contributed by atoms with Crippen LogP contribution in [0.4, 0.5) is 0 Å². The SMILES string of the molecule is CSCC(C)C(=O)N[C@@H]1CCCC[C@H]1N. The molecule has 1 rings (SSSR count). The molecule has 1 amide bonds. The van der Waals surface area contributed by atoms with E-state index in [9.17, 15) is 4.79 Å². The smallest absolute Gasteiger partial charge is 0.223 e. The Hall–Kier alpha value is -0.220. The Morgan fingerprint density at radius 3 is 2.80 bits per heavy atom. The average Bonchev–Trinajstić information content (AvgIpc) is 2.21. The van der Waals surface area contributed by atoms with Gasteiger partial charge in [0.05, 0.1) is 0 Å². The van der Waals surface area contributed by atoms with E-state index in [1.54, 1.807) is 11.8 Å². The molecule has 1 fully saturated rings. The van der Waals surface area contributed by atoms with Gasteiger partial charge in [0, 0.05) is 23.8 Å². The normalized spacial score (nSPS) is 28.5. The maximum Gasteiger partial charge on any atom is 0.223 e. The first-order chi connectivity index (χ1) is 7.15. The molecule has 15 heavy (non-hydrogen) atoms. The number of thioether (sulfide) groups is 1. The Morgan fingerprint density at radius 1 is 1.53 bits per heavy atom. The van der Waals surface area contributed by atoms with Crippen LogP contribution < -0.4 is 11.1 Å². The molecule has 0 aromatic rings. The summed E-state index contributed by atoms with van der Waals surface area (Å²) < 4.78 is 0. The third-order valence-electron chi connectivity index (χ3n) is 3.01. The van der Waals surface area contributed by atoms with Crippen LogP contribution in [0.25, 0.3) is 0 Å². The molecular formula is C11H22N2OS. The highest BCUT2D eigenvalue weighted by atomic mass is 32.2. The molecule has 0 aromatic heterocycles. The summed E-state index contributed by atoms with van der Waals surface area (Å²) in [6.45, 7) is 1.97. The van der Waals surface area contributed by atoms with Crippen molar-refractivity contribution in [1.29, 1.82) is 0 Å². The van der Waals surface area contributed by atoms with E-state index in [0.29, 0.717) is 0 Å². The van der Waals surface area contributed by atoms with Crippen LogP contribution in [-0.2, 0) is 4.79 Å². The van der Waals surface area contributed by atoms with Crippen molar-refractivity contribution < 1.29 is 4.79 Å². The first-order valence-electron chi connectivity index (χ1n) is 5.70. The fourth-order valence-corrected chi connectivity index (χ4v) is 2.64. The van der Waals surface area contributed by atoms with Gasteiger partial charge >= 0.3 is 0 Å². The van der Waals surface area contributed by atoms with E-state index in [0.717, 1.165) is 18.6 Å². The number of hydrogen-bond donors (Lipinski definition) is 2. The molecule has 0 saturated heterocycles. The minimum atomic E-state index is 0.0918. The summed E-state index contributed by atoms with van der Waals surface area (Å²) in [5.74, 6) is 1.13. The topological polar surface area (TPSA) is 55.1 Å². The number of rotatable bonds is 4. The molecule has 88 valence electrons. The van der Waals surface area contributed by atoms with Crippen molar-refractivity contribution in [2.75, 3.05) is 12.0 Å². The summed E-state index contributed by atoms with van der Waals surface area (Å²) in [6.07, 6.45) is 6.50. The molecule has 3 nitrogen and oxygen atoms in total. The first-order valence-corrected chi connectivity index (χ1v) is 7.09. The molecule has 1 unspecified atom stereocenters. The number of nitrogens with one attached hydrogen (secondary N) is 1. The van der Waals surface area contributed by atoms with E-state index in [4.69, 9.17) is 5.73 Å². The number of amides is 1. The van der Waals surface area contributed by atoms with Gasteiger partial charge in [-0.2, -0.15) is 11.8 Å². The fraction of sp³-hybridized carbons (Fsp3) is 0.909. The number of hydrogen-bond acceptors (Lipinski definition) is 3. The van der Waals surface area contributed by atoms with Crippen molar-refractivity contribution in [1.82, 2.24) is 5.32 Å². The average molecular weight is 230 g/mol.